The van der Waals surface area contributed by atoms with E-state index in [1.54, 1.807) is 4.90 Å². The predicted octanol–water partition coefficient (Wildman–Crippen LogP) is -0.607. The highest BCUT2D eigenvalue weighted by atomic mass is 32.2. The van der Waals surface area contributed by atoms with Gasteiger partial charge in [0.25, 0.3) is 0 Å². The Morgan fingerprint density at radius 2 is 1.83 bits per heavy atom. The molecule has 1 aliphatic rings. The molecule has 1 amide bonds. The van der Waals surface area contributed by atoms with Gasteiger partial charge in [-0.05, 0) is 19.3 Å². The van der Waals surface area contributed by atoms with Crippen LogP contribution in [-0.4, -0.2) is 55.7 Å². The van der Waals surface area contributed by atoms with Crippen LogP contribution in [0.5, 0.6) is 0 Å². The Balaban J connectivity index is 2.27. The third kappa shape index (κ3) is 5.46. The van der Waals surface area contributed by atoms with Crippen LogP contribution in [0.1, 0.15) is 25.7 Å². The topological polar surface area (TPSA) is 104 Å². The molecule has 0 saturated carbocycles. The normalized spacial score (nSPS) is 15.9. The molecular weight excluding hydrogens is 260 g/mol. The van der Waals surface area contributed by atoms with Gasteiger partial charge in [0, 0.05) is 19.5 Å². The summed E-state index contributed by atoms with van der Waals surface area (Å²) >= 11 is 0. The maximum absolute atomic E-state index is 11.6. The number of carbonyl (C=O) groups excluding carboxylic acids is 1. The molecule has 7 nitrogen and oxygen atoms in total. The molecule has 0 unspecified atom stereocenters. The molecule has 1 heterocycles. The van der Waals surface area contributed by atoms with E-state index < -0.39 is 16.0 Å². The average molecular weight is 278 g/mol. The molecule has 0 radical (unpaired) electrons. The molecule has 2 N–H and O–H groups in total. The Hall–Kier alpha value is -1.15. The van der Waals surface area contributed by atoms with Crippen LogP contribution in [-0.2, 0) is 19.6 Å². The van der Waals surface area contributed by atoms with Crippen molar-refractivity contribution < 1.29 is 23.1 Å². The largest absolute Gasteiger partial charge is 0.481 e. The standard InChI is InChI=1S/C10H18N2O5S/c13-9(12-5-1-2-6-12)8-11-18(16,17)7-3-4-10(14)15/h11H,1-8H2,(H,14,15). The van der Waals surface area contributed by atoms with Crippen molar-refractivity contribution in [3.05, 3.63) is 0 Å². The van der Waals surface area contributed by atoms with Gasteiger partial charge in [0.15, 0.2) is 0 Å². The molecule has 18 heavy (non-hydrogen) atoms. The number of nitrogens with zero attached hydrogens (tertiary/aromatic N) is 1. The summed E-state index contributed by atoms with van der Waals surface area (Å²) in [4.78, 5) is 23.5. The molecule has 0 aromatic heterocycles. The second kappa shape index (κ2) is 6.69. The van der Waals surface area contributed by atoms with Gasteiger partial charge < -0.3 is 10.0 Å². The molecule has 1 aliphatic heterocycles. The van der Waals surface area contributed by atoms with E-state index in [-0.39, 0.29) is 31.0 Å². The summed E-state index contributed by atoms with van der Waals surface area (Å²) in [6, 6.07) is 0. The monoisotopic (exact) mass is 278 g/mol. The zero-order valence-corrected chi connectivity index (χ0v) is 10.9. The highest BCUT2D eigenvalue weighted by Crippen LogP contribution is 2.06. The highest BCUT2D eigenvalue weighted by molar-refractivity contribution is 7.89. The van der Waals surface area contributed by atoms with Gasteiger partial charge in [-0.3, -0.25) is 9.59 Å². The number of hydrogen-bond donors (Lipinski definition) is 2. The fraction of sp³-hybridized carbons (Fsp3) is 0.800. The van der Waals surface area contributed by atoms with Crippen LogP contribution in [0.4, 0.5) is 0 Å². The number of carboxylic acids is 1. The van der Waals surface area contributed by atoms with Crippen molar-refractivity contribution in [2.24, 2.45) is 0 Å². The molecule has 0 atom stereocenters. The number of sulfonamides is 1. The number of nitrogens with one attached hydrogen (secondary N) is 1. The van der Waals surface area contributed by atoms with Crippen LogP contribution in [0.15, 0.2) is 0 Å². The van der Waals surface area contributed by atoms with Crippen LogP contribution in [0.3, 0.4) is 0 Å². The zero-order chi connectivity index (χ0) is 13.6. The van der Waals surface area contributed by atoms with Crippen LogP contribution in [0.2, 0.25) is 0 Å². The first-order valence-corrected chi connectivity index (χ1v) is 7.53. The lowest BCUT2D eigenvalue weighted by Gasteiger charge is -2.15. The lowest BCUT2D eigenvalue weighted by atomic mass is 10.3. The average Bonchev–Trinajstić information content (AvgIpc) is 2.78. The Morgan fingerprint density at radius 3 is 2.39 bits per heavy atom. The molecule has 1 rings (SSSR count). The molecule has 1 saturated heterocycles. The van der Waals surface area contributed by atoms with E-state index in [2.05, 4.69) is 4.72 Å². The maximum Gasteiger partial charge on any atom is 0.303 e. The van der Waals surface area contributed by atoms with Gasteiger partial charge in [-0.2, -0.15) is 0 Å². The van der Waals surface area contributed by atoms with Crippen LogP contribution in [0, 0.1) is 0 Å². The minimum absolute atomic E-state index is 0.0442. The van der Waals surface area contributed by atoms with E-state index in [4.69, 9.17) is 5.11 Å². The Bertz CT molecular complexity index is 400. The molecule has 1 fully saturated rings. The van der Waals surface area contributed by atoms with Gasteiger partial charge in [0.2, 0.25) is 15.9 Å². The number of carbonyl (C=O) groups is 2. The predicted molar refractivity (Wildman–Crippen MR) is 64.5 cm³/mol. The number of amides is 1. The third-order valence-electron chi connectivity index (χ3n) is 2.71. The molecular formula is C10H18N2O5S. The van der Waals surface area contributed by atoms with Gasteiger partial charge in [0.05, 0.1) is 12.3 Å². The Labute approximate surface area is 106 Å². The van der Waals surface area contributed by atoms with Crippen molar-refractivity contribution in [2.75, 3.05) is 25.4 Å². The number of aliphatic carboxylic acids is 1. The molecule has 0 aromatic carbocycles. The molecule has 0 aliphatic carbocycles. The number of carboxylic acid groups (broad SMARTS) is 1. The lowest BCUT2D eigenvalue weighted by Crippen LogP contribution is -2.39. The van der Waals surface area contributed by atoms with E-state index in [0.29, 0.717) is 13.1 Å². The second-order valence-electron chi connectivity index (χ2n) is 4.23. The summed E-state index contributed by atoms with van der Waals surface area (Å²) in [5.41, 5.74) is 0. The highest BCUT2D eigenvalue weighted by Gasteiger charge is 2.19. The second-order valence-corrected chi connectivity index (χ2v) is 6.15. The van der Waals surface area contributed by atoms with Crippen molar-refractivity contribution in [1.82, 2.24) is 9.62 Å². The van der Waals surface area contributed by atoms with E-state index in [1.165, 1.54) is 0 Å². The van der Waals surface area contributed by atoms with Crippen molar-refractivity contribution in [1.29, 1.82) is 0 Å². The maximum atomic E-state index is 11.6. The summed E-state index contributed by atoms with van der Waals surface area (Å²) in [6.07, 6.45) is 1.76. The summed E-state index contributed by atoms with van der Waals surface area (Å²) in [5.74, 6) is -1.53. The molecule has 0 aromatic rings. The lowest BCUT2D eigenvalue weighted by molar-refractivity contribution is -0.137. The van der Waals surface area contributed by atoms with Gasteiger partial charge in [-0.25, -0.2) is 13.1 Å². The third-order valence-corrected chi connectivity index (χ3v) is 4.12. The van der Waals surface area contributed by atoms with Crippen molar-refractivity contribution in [2.45, 2.75) is 25.7 Å². The fourth-order valence-corrected chi connectivity index (χ4v) is 2.75. The van der Waals surface area contributed by atoms with Crippen molar-refractivity contribution >= 4 is 21.9 Å². The van der Waals surface area contributed by atoms with Gasteiger partial charge in [-0.1, -0.05) is 0 Å². The molecule has 0 bridgehead atoms. The first-order chi connectivity index (χ1) is 8.41. The van der Waals surface area contributed by atoms with E-state index in [1.807, 2.05) is 0 Å². The SMILES string of the molecule is O=C(O)CCCS(=O)(=O)NCC(=O)N1CCCC1. The van der Waals surface area contributed by atoms with E-state index in [9.17, 15) is 18.0 Å². The molecule has 0 spiro atoms. The number of hydrogen-bond acceptors (Lipinski definition) is 4. The summed E-state index contributed by atoms with van der Waals surface area (Å²) in [7, 11) is -3.56. The molecule has 8 heteroatoms. The minimum Gasteiger partial charge on any atom is -0.481 e. The molecule has 104 valence electrons. The zero-order valence-electron chi connectivity index (χ0n) is 10.1. The van der Waals surface area contributed by atoms with Crippen molar-refractivity contribution in [3.8, 4) is 0 Å². The summed E-state index contributed by atoms with van der Waals surface area (Å²) < 4.78 is 25.1. The first-order valence-electron chi connectivity index (χ1n) is 5.87. The Morgan fingerprint density at radius 1 is 1.22 bits per heavy atom. The summed E-state index contributed by atoms with van der Waals surface area (Å²) in [6.45, 7) is 1.12. The van der Waals surface area contributed by atoms with Crippen LogP contribution >= 0.6 is 0 Å². The van der Waals surface area contributed by atoms with Gasteiger partial charge >= 0.3 is 5.97 Å². The Kier molecular flexibility index (Phi) is 5.54. The summed E-state index contributed by atoms with van der Waals surface area (Å²) in [5, 5.41) is 8.40. The number of likely N-dealkylation sites (tertiary alicyclic amines) is 1. The first kappa shape index (κ1) is 14.9. The fourth-order valence-electron chi connectivity index (χ4n) is 1.74. The van der Waals surface area contributed by atoms with Gasteiger partial charge in [0.1, 0.15) is 0 Å². The van der Waals surface area contributed by atoms with Crippen molar-refractivity contribution in [3.63, 3.8) is 0 Å². The quantitative estimate of drug-likeness (QED) is 0.646. The van der Waals surface area contributed by atoms with Crippen LogP contribution < -0.4 is 4.72 Å². The number of rotatable bonds is 7. The minimum atomic E-state index is -3.56. The van der Waals surface area contributed by atoms with E-state index in [0.717, 1.165) is 12.8 Å². The van der Waals surface area contributed by atoms with Crippen LogP contribution in [0.25, 0.3) is 0 Å². The smallest absolute Gasteiger partial charge is 0.303 e. The van der Waals surface area contributed by atoms with Gasteiger partial charge in [-0.15, -0.1) is 0 Å². The van der Waals surface area contributed by atoms with E-state index >= 15 is 0 Å².